The molecule has 3 N–H and O–H groups in total. The molecular formula is C7H11N3O2. The van der Waals surface area contributed by atoms with E-state index in [1.807, 2.05) is 0 Å². The summed E-state index contributed by atoms with van der Waals surface area (Å²) in [6.45, 7) is 1.79. The second-order valence-corrected chi connectivity index (χ2v) is 2.51. The number of aryl methyl sites for hydroxylation is 1. The highest BCUT2D eigenvalue weighted by atomic mass is 16.4. The number of rotatable bonds is 3. The second kappa shape index (κ2) is 3.36. The lowest BCUT2D eigenvalue weighted by atomic mass is 10.1. The molecule has 0 saturated carbocycles. The number of carbonyl (C=O) groups is 1. The largest absolute Gasteiger partial charge is 0.480 e. The predicted molar refractivity (Wildman–Crippen MR) is 42.8 cm³/mol. The maximum Gasteiger partial charge on any atom is 0.325 e. The van der Waals surface area contributed by atoms with Crippen molar-refractivity contribution in [3.63, 3.8) is 0 Å². The maximum absolute atomic E-state index is 10.7. The SMILES string of the molecule is CNC(C(=O)O)c1cn[nH]c1C. The molecule has 1 heterocycles. The minimum atomic E-state index is -0.901. The van der Waals surface area contributed by atoms with E-state index in [4.69, 9.17) is 5.11 Å². The third kappa shape index (κ3) is 1.45. The Bertz CT molecular complexity index is 282. The van der Waals surface area contributed by atoms with Crippen molar-refractivity contribution in [1.82, 2.24) is 15.5 Å². The normalized spacial score (nSPS) is 12.8. The van der Waals surface area contributed by atoms with Crippen LogP contribution in [0.3, 0.4) is 0 Å². The van der Waals surface area contributed by atoms with Crippen LogP contribution in [-0.2, 0) is 4.79 Å². The highest BCUT2D eigenvalue weighted by Gasteiger charge is 2.20. The molecule has 0 fully saturated rings. The van der Waals surface area contributed by atoms with Gasteiger partial charge in [0.2, 0.25) is 0 Å². The number of aliphatic carboxylic acids is 1. The van der Waals surface area contributed by atoms with Crippen LogP contribution in [0.25, 0.3) is 0 Å². The Balaban J connectivity index is 2.94. The van der Waals surface area contributed by atoms with Gasteiger partial charge in [0, 0.05) is 11.3 Å². The van der Waals surface area contributed by atoms with Gasteiger partial charge in [0.25, 0.3) is 0 Å². The predicted octanol–water partition coefficient (Wildman–Crippen LogP) is 0.0632. The van der Waals surface area contributed by atoms with Crippen LogP contribution in [-0.4, -0.2) is 28.3 Å². The first-order chi connectivity index (χ1) is 5.66. The van der Waals surface area contributed by atoms with E-state index in [1.165, 1.54) is 6.20 Å². The zero-order valence-electron chi connectivity index (χ0n) is 6.96. The zero-order valence-corrected chi connectivity index (χ0v) is 6.96. The van der Waals surface area contributed by atoms with Gasteiger partial charge < -0.3 is 10.4 Å². The van der Waals surface area contributed by atoms with Crippen LogP contribution in [0, 0.1) is 6.92 Å². The van der Waals surface area contributed by atoms with Gasteiger partial charge in [-0.3, -0.25) is 9.89 Å². The van der Waals surface area contributed by atoms with Gasteiger partial charge in [0.05, 0.1) is 6.20 Å². The first-order valence-electron chi connectivity index (χ1n) is 3.56. The van der Waals surface area contributed by atoms with Crippen molar-refractivity contribution < 1.29 is 9.90 Å². The third-order valence-electron chi connectivity index (χ3n) is 1.72. The van der Waals surface area contributed by atoms with Crippen LogP contribution in [0.4, 0.5) is 0 Å². The Labute approximate surface area is 69.8 Å². The average molecular weight is 169 g/mol. The van der Waals surface area contributed by atoms with Gasteiger partial charge >= 0.3 is 5.97 Å². The van der Waals surface area contributed by atoms with Crippen LogP contribution in [0.1, 0.15) is 17.3 Å². The Morgan fingerprint density at radius 3 is 2.83 bits per heavy atom. The monoisotopic (exact) mass is 169 g/mol. The number of carboxylic acids is 1. The molecule has 0 aliphatic heterocycles. The zero-order chi connectivity index (χ0) is 9.14. The molecule has 0 aromatic carbocycles. The van der Waals surface area contributed by atoms with Crippen LogP contribution in [0.5, 0.6) is 0 Å². The number of nitrogens with one attached hydrogen (secondary N) is 2. The maximum atomic E-state index is 10.7. The molecule has 0 spiro atoms. The van der Waals surface area contributed by atoms with Crippen LogP contribution < -0.4 is 5.32 Å². The van der Waals surface area contributed by atoms with E-state index in [-0.39, 0.29) is 0 Å². The van der Waals surface area contributed by atoms with Gasteiger partial charge in [0.15, 0.2) is 0 Å². The molecule has 1 unspecified atom stereocenters. The number of H-pyrrole nitrogens is 1. The second-order valence-electron chi connectivity index (χ2n) is 2.51. The summed E-state index contributed by atoms with van der Waals surface area (Å²) >= 11 is 0. The van der Waals surface area contributed by atoms with E-state index in [9.17, 15) is 4.79 Å². The molecule has 12 heavy (non-hydrogen) atoms. The summed E-state index contributed by atoms with van der Waals surface area (Å²) in [5.74, 6) is -0.901. The number of aromatic nitrogens is 2. The fourth-order valence-corrected chi connectivity index (χ4v) is 1.06. The molecule has 1 atom stereocenters. The number of hydrogen-bond donors (Lipinski definition) is 3. The van der Waals surface area contributed by atoms with Gasteiger partial charge in [-0.1, -0.05) is 0 Å². The lowest BCUT2D eigenvalue weighted by Gasteiger charge is -2.08. The molecule has 0 radical (unpaired) electrons. The molecule has 5 heteroatoms. The van der Waals surface area contributed by atoms with Crippen LogP contribution >= 0.6 is 0 Å². The van der Waals surface area contributed by atoms with E-state index < -0.39 is 12.0 Å². The Morgan fingerprint density at radius 2 is 2.50 bits per heavy atom. The first kappa shape index (κ1) is 8.73. The van der Waals surface area contributed by atoms with Crippen molar-refractivity contribution in [2.45, 2.75) is 13.0 Å². The van der Waals surface area contributed by atoms with Crippen molar-refractivity contribution >= 4 is 5.97 Å². The van der Waals surface area contributed by atoms with Crippen molar-refractivity contribution in [3.8, 4) is 0 Å². The smallest absolute Gasteiger partial charge is 0.325 e. The van der Waals surface area contributed by atoms with Crippen molar-refractivity contribution in [2.24, 2.45) is 0 Å². The Morgan fingerprint density at radius 1 is 1.83 bits per heavy atom. The molecule has 1 rings (SSSR count). The number of likely N-dealkylation sites (N-methyl/N-ethyl adjacent to an activating group) is 1. The minimum Gasteiger partial charge on any atom is -0.480 e. The summed E-state index contributed by atoms with van der Waals surface area (Å²) in [6.07, 6.45) is 1.52. The first-order valence-corrected chi connectivity index (χ1v) is 3.56. The van der Waals surface area contributed by atoms with E-state index in [0.29, 0.717) is 5.56 Å². The van der Waals surface area contributed by atoms with Crippen LogP contribution in [0.15, 0.2) is 6.20 Å². The van der Waals surface area contributed by atoms with E-state index in [1.54, 1.807) is 14.0 Å². The van der Waals surface area contributed by atoms with E-state index in [2.05, 4.69) is 15.5 Å². The summed E-state index contributed by atoms with van der Waals surface area (Å²) in [5.41, 5.74) is 1.45. The molecule has 0 amide bonds. The lowest BCUT2D eigenvalue weighted by molar-refractivity contribution is -0.139. The van der Waals surface area contributed by atoms with E-state index in [0.717, 1.165) is 5.69 Å². The average Bonchev–Trinajstić information content (AvgIpc) is 2.38. The Hall–Kier alpha value is -1.36. The number of aromatic amines is 1. The molecule has 1 aromatic rings. The molecule has 0 aliphatic carbocycles. The number of hydrogen-bond acceptors (Lipinski definition) is 3. The van der Waals surface area contributed by atoms with Gasteiger partial charge in [-0.2, -0.15) is 5.10 Å². The number of nitrogens with zero attached hydrogens (tertiary/aromatic N) is 1. The van der Waals surface area contributed by atoms with E-state index >= 15 is 0 Å². The topological polar surface area (TPSA) is 78.0 Å². The molecule has 66 valence electrons. The summed E-state index contributed by atoms with van der Waals surface area (Å²) in [6, 6.07) is -0.677. The van der Waals surface area contributed by atoms with Gasteiger partial charge in [0.1, 0.15) is 6.04 Å². The molecule has 1 aromatic heterocycles. The molecule has 5 nitrogen and oxygen atoms in total. The summed E-state index contributed by atoms with van der Waals surface area (Å²) in [5, 5.41) is 17.9. The standard InChI is InChI=1S/C7H11N3O2/c1-4-5(3-9-10-4)6(8-2)7(11)12/h3,6,8H,1-2H3,(H,9,10)(H,11,12). The fourth-order valence-electron chi connectivity index (χ4n) is 1.06. The lowest BCUT2D eigenvalue weighted by Crippen LogP contribution is -2.25. The minimum absolute atomic E-state index is 0.671. The number of carboxylic acid groups (broad SMARTS) is 1. The van der Waals surface area contributed by atoms with Crippen molar-refractivity contribution in [2.75, 3.05) is 7.05 Å². The molecule has 0 saturated heterocycles. The summed E-state index contributed by atoms with van der Waals surface area (Å²) < 4.78 is 0. The highest BCUT2D eigenvalue weighted by molar-refractivity contribution is 5.75. The molecule has 0 aliphatic rings. The van der Waals surface area contributed by atoms with Crippen molar-refractivity contribution in [3.05, 3.63) is 17.5 Å². The molecular weight excluding hydrogens is 158 g/mol. The highest BCUT2D eigenvalue weighted by Crippen LogP contribution is 2.14. The van der Waals surface area contributed by atoms with Gasteiger partial charge in [-0.05, 0) is 14.0 Å². The Kier molecular flexibility index (Phi) is 2.44. The van der Waals surface area contributed by atoms with Crippen molar-refractivity contribution in [1.29, 1.82) is 0 Å². The quantitative estimate of drug-likeness (QED) is 0.598. The van der Waals surface area contributed by atoms with Gasteiger partial charge in [-0.25, -0.2) is 0 Å². The fraction of sp³-hybridized carbons (Fsp3) is 0.429. The summed E-state index contributed by atoms with van der Waals surface area (Å²) in [4.78, 5) is 10.7. The molecule has 0 bridgehead atoms. The third-order valence-corrected chi connectivity index (χ3v) is 1.72. The summed E-state index contributed by atoms with van der Waals surface area (Å²) in [7, 11) is 1.60. The van der Waals surface area contributed by atoms with Gasteiger partial charge in [-0.15, -0.1) is 0 Å². The van der Waals surface area contributed by atoms with Crippen LogP contribution in [0.2, 0.25) is 0 Å².